The highest BCUT2D eigenvalue weighted by atomic mass is 28.5. The van der Waals surface area contributed by atoms with E-state index < -0.39 is 23.0 Å². The first-order valence-corrected chi connectivity index (χ1v) is 9.27. The molecule has 0 aliphatic rings. The summed E-state index contributed by atoms with van der Waals surface area (Å²) in [6.45, 7) is 10.1. The largest absolute Gasteiger partial charge is 0.712 e. The highest BCUT2D eigenvalue weighted by Gasteiger charge is 2.56. The first-order chi connectivity index (χ1) is 5.37. The highest BCUT2D eigenvalue weighted by Crippen LogP contribution is 2.31. The maximum atomic E-state index is 12.8. The molecule has 0 aromatic heterocycles. The predicted octanol–water partition coefficient (Wildman–Crippen LogP) is 3.27. The molecule has 0 aliphatic heterocycles. The fraction of sp³-hybridized carbons (Fsp3) is 1.00. The molecule has 0 heterocycles. The second kappa shape index (κ2) is 3.40. The highest BCUT2D eigenvalue weighted by molar-refractivity contribution is 6.83. The Balaban J connectivity index is 5.02. The molecule has 0 atom stereocenters. The summed E-state index contributed by atoms with van der Waals surface area (Å²) < 4.78 is 39.3. The Kier molecular flexibility index (Phi) is 3.44. The minimum Gasteiger partial charge on any atom is -0.264 e. The predicted molar refractivity (Wildman–Crippen MR) is 54.0 cm³/mol. The average Bonchev–Trinajstić information content (AvgIpc) is 1.44. The van der Waals surface area contributed by atoms with Gasteiger partial charge in [-0.05, 0) is 20.8 Å². The maximum Gasteiger partial charge on any atom is 0.712 e. The molecule has 6 heteroatoms. The van der Waals surface area contributed by atoms with Gasteiger partial charge in [0.15, 0.2) is 0 Å². The van der Waals surface area contributed by atoms with Gasteiger partial charge in [0.1, 0.15) is 8.24 Å². The summed E-state index contributed by atoms with van der Waals surface area (Å²) in [5, 5.41) is 0. The van der Waals surface area contributed by atoms with Crippen LogP contribution < -0.4 is 0 Å². The molecule has 0 N–H and O–H groups in total. The van der Waals surface area contributed by atoms with Gasteiger partial charge in [-0.15, -0.1) is 0 Å². The van der Waals surface area contributed by atoms with E-state index in [1.807, 2.05) is 0 Å². The van der Waals surface area contributed by atoms with Crippen molar-refractivity contribution in [3.8, 4) is 0 Å². The van der Waals surface area contributed by atoms with Gasteiger partial charge < -0.3 is 0 Å². The second-order valence-electron chi connectivity index (χ2n) is 5.14. The lowest BCUT2D eigenvalue weighted by molar-refractivity contribution is 0.249. The van der Waals surface area contributed by atoms with Gasteiger partial charge in [-0.25, -0.2) is 12.3 Å². The van der Waals surface area contributed by atoms with Crippen molar-refractivity contribution in [1.82, 2.24) is 4.23 Å². The zero-order valence-corrected chi connectivity index (χ0v) is 11.1. The van der Waals surface area contributed by atoms with E-state index in [9.17, 15) is 12.3 Å². The Bertz CT molecular complexity index is 144. The summed E-state index contributed by atoms with van der Waals surface area (Å²) in [7, 11) is -7.95. The quantitative estimate of drug-likeness (QED) is 0.519. The molecular weight excluding hydrogens is 211 g/mol. The number of halogens is 3. The van der Waals surface area contributed by atoms with E-state index in [-0.39, 0.29) is 0 Å². The molecule has 0 rings (SSSR count). The number of nitrogens with zero attached hydrogens (tertiary/aromatic N) is 1. The Hall–Kier alpha value is 0.184. The van der Waals surface area contributed by atoms with E-state index in [0.717, 1.165) is 4.23 Å². The lowest BCUT2D eigenvalue weighted by Crippen LogP contribution is -2.65. The molecule has 0 radical (unpaired) electrons. The van der Waals surface area contributed by atoms with Gasteiger partial charge >= 0.3 is 9.24 Å². The molecule has 0 unspecified atom stereocenters. The number of rotatable bonds is 2. The molecule has 0 spiro atoms. The molecule has 0 amide bonds. The van der Waals surface area contributed by atoms with Crippen molar-refractivity contribution >= 4 is 17.5 Å². The van der Waals surface area contributed by atoms with E-state index in [2.05, 4.69) is 0 Å². The van der Waals surface area contributed by atoms with Crippen LogP contribution in [0.5, 0.6) is 0 Å². The molecule has 0 aromatic carbocycles. The molecule has 0 fully saturated rings. The van der Waals surface area contributed by atoms with Crippen molar-refractivity contribution in [3.63, 3.8) is 0 Å². The third kappa shape index (κ3) is 3.82. The van der Waals surface area contributed by atoms with Gasteiger partial charge in [-0.1, -0.05) is 19.6 Å². The zero-order chi connectivity index (χ0) is 11.1. The normalized spacial score (nSPS) is 15.2. The lowest BCUT2D eigenvalue weighted by Gasteiger charge is -2.43. The minimum absolute atomic E-state index is 0.783. The van der Waals surface area contributed by atoms with Crippen molar-refractivity contribution in [1.29, 1.82) is 0 Å². The van der Waals surface area contributed by atoms with Gasteiger partial charge in [0.05, 0.1) is 0 Å². The summed E-state index contributed by atoms with van der Waals surface area (Å²) >= 11 is 0. The van der Waals surface area contributed by atoms with E-state index >= 15 is 0 Å². The summed E-state index contributed by atoms with van der Waals surface area (Å²) in [6, 6.07) is 0. The van der Waals surface area contributed by atoms with Crippen LogP contribution in [0.2, 0.25) is 19.6 Å². The van der Waals surface area contributed by atoms with E-state index in [1.165, 1.54) is 0 Å². The van der Waals surface area contributed by atoms with Gasteiger partial charge in [0.2, 0.25) is 0 Å². The smallest absolute Gasteiger partial charge is 0.264 e. The van der Waals surface area contributed by atoms with E-state index in [0.29, 0.717) is 0 Å². The van der Waals surface area contributed by atoms with Gasteiger partial charge in [-0.2, -0.15) is 0 Å². The summed E-state index contributed by atoms with van der Waals surface area (Å²) in [5.41, 5.74) is -0.783. The number of hydrogen-bond acceptors (Lipinski definition) is 1. The van der Waals surface area contributed by atoms with Crippen molar-refractivity contribution in [3.05, 3.63) is 0 Å². The molecule has 13 heavy (non-hydrogen) atoms. The van der Waals surface area contributed by atoms with Crippen LogP contribution in [-0.4, -0.2) is 27.2 Å². The Morgan fingerprint density at radius 2 is 1.23 bits per heavy atom. The van der Waals surface area contributed by atoms with Crippen LogP contribution in [0.1, 0.15) is 20.8 Å². The van der Waals surface area contributed by atoms with Crippen molar-refractivity contribution in [2.24, 2.45) is 0 Å². The van der Waals surface area contributed by atoms with Crippen LogP contribution in [0.25, 0.3) is 0 Å². The van der Waals surface area contributed by atoms with Crippen molar-refractivity contribution in [2.45, 2.75) is 46.0 Å². The fourth-order valence-electron chi connectivity index (χ4n) is 1.77. The standard InChI is InChI=1S/C7H18F3NSi2/c1-7(2,3)11(12(4,5)6)13(8,9)10/h1-6H3. The first-order valence-electron chi connectivity index (χ1n) is 4.24. The summed E-state index contributed by atoms with van der Waals surface area (Å²) in [4.78, 5) is 0. The molecule has 1 nitrogen and oxygen atoms in total. The van der Waals surface area contributed by atoms with Crippen molar-refractivity contribution < 1.29 is 12.3 Å². The Labute approximate surface area is 80.6 Å². The molecule has 0 aromatic rings. The van der Waals surface area contributed by atoms with Crippen LogP contribution in [0, 0.1) is 0 Å². The summed E-state index contributed by atoms with van der Waals surface area (Å²) in [5.74, 6) is 0. The Morgan fingerprint density at radius 1 is 0.923 bits per heavy atom. The zero-order valence-electron chi connectivity index (χ0n) is 9.08. The third-order valence-corrected chi connectivity index (χ3v) is 7.56. The van der Waals surface area contributed by atoms with Gasteiger partial charge in [-0.3, -0.25) is 4.23 Å². The van der Waals surface area contributed by atoms with E-state index in [4.69, 9.17) is 0 Å². The molecule has 80 valence electrons. The van der Waals surface area contributed by atoms with Gasteiger partial charge in [0, 0.05) is 5.54 Å². The SMILES string of the molecule is CC(C)(C)N([Si](C)(C)C)[Si](F)(F)F. The average molecular weight is 229 g/mol. The third-order valence-electron chi connectivity index (χ3n) is 1.60. The van der Waals surface area contributed by atoms with Crippen LogP contribution in [0.4, 0.5) is 12.3 Å². The topological polar surface area (TPSA) is 3.24 Å². The number of hydrogen-bond donors (Lipinski definition) is 0. The molecule has 0 aliphatic carbocycles. The minimum atomic E-state index is -5.66. The molecule has 0 saturated heterocycles. The van der Waals surface area contributed by atoms with Crippen molar-refractivity contribution in [2.75, 3.05) is 0 Å². The molecular formula is C7H18F3NSi2. The molecule has 0 saturated carbocycles. The van der Waals surface area contributed by atoms with Crippen LogP contribution >= 0.6 is 0 Å². The summed E-state index contributed by atoms with van der Waals surface area (Å²) in [6.07, 6.45) is 0. The fourth-order valence-corrected chi connectivity index (χ4v) is 7.58. The second-order valence-corrected chi connectivity index (χ2v) is 11.8. The first kappa shape index (κ1) is 13.2. The maximum absolute atomic E-state index is 12.8. The monoisotopic (exact) mass is 229 g/mol. The van der Waals surface area contributed by atoms with Crippen LogP contribution in [0.15, 0.2) is 0 Å². The molecule has 0 bridgehead atoms. The van der Waals surface area contributed by atoms with Crippen LogP contribution in [-0.2, 0) is 0 Å². The Morgan fingerprint density at radius 3 is 1.23 bits per heavy atom. The lowest BCUT2D eigenvalue weighted by atomic mass is 10.1. The van der Waals surface area contributed by atoms with Crippen LogP contribution in [0.3, 0.4) is 0 Å². The van der Waals surface area contributed by atoms with Gasteiger partial charge in [0.25, 0.3) is 0 Å². The van der Waals surface area contributed by atoms with E-state index in [1.54, 1.807) is 40.4 Å².